The minimum absolute atomic E-state index is 0.176. The summed E-state index contributed by atoms with van der Waals surface area (Å²) in [7, 11) is 1.29. The van der Waals surface area contributed by atoms with Crippen molar-refractivity contribution in [1.82, 2.24) is 9.88 Å². The van der Waals surface area contributed by atoms with Crippen molar-refractivity contribution < 1.29 is 19.1 Å². The molecule has 2 aromatic rings. The first-order valence-corrected chi connectivity index (χ1v) is 8.24. The summed E-state index contributed by atoms with van der Waals surface area (Å²) >= 11 is 0. The lowest BCUT2D eigenvalue weighted by Gasteiger charge is -2.18. The van der Waals surface area contributed by atoms with Gasteiger partial charge in [-0.3, -0.25) is 14.6 Å². The van der Waals surface area contributed by atoms with Gasteiger partial charge >= 0.3 is 5.97 Å². The number of pyridine rings is 1. The van der Waals surface area contributed by atoms with Crippen LogP contribution < -0.4 is 5.32 Å². The van der Waals surface area contributed by atoms with Crippen LogP contribution in [0.2, 0.25) is 0 Å². The molecule has 1 heterocycles. The van der Waals surface area contributed by atoms with Gasteiger partial charge in [0.15, 0.2) is 0 Å². The highest BCUT2D eigenvalue weighted by Gasteiger charge is 2.16. The smallest absolute Gasteiger partial charge is 0.337 e. The normalized spacial score (nSPS) is 10.1. The van der Waals surface area contributed by atoms with Crippen LogP contribution in [0.4, 0.5) is 5.69 Å². The van der Waals surface area contributed by atoms with Gasteiger partial charge in [0.2, 0.25) is 0 Å². The van der Waals surface area contributed by atoms with E-state index in [1.165, 1.54) is 31.6 Å². The number of esters is 1. The Morgan fingerprint density at radius 1 is 1.04 bits per heavy atom. The van der Waals surface area contributed by atoms with Crippen LogP contribution in [0.15, 0.2) is 42.7 Å². The lowest BCUT2D eigenvalue weighted by atomic mass is 10.1. The second kappa shape index (κ2) is 8.75. The molecule has 1 aromatic carbocycles. The van der Waals surface area contributed by atoms with Crippen LogP contribution in [-0.4, -0.2) is 47.9 Å². The van der Waals surface area contributed by atoms with Crippen LogP contribution in [0.3, 0.4) is 0 Å². The van der Waals surface area contributed by atoms with Crippen molar-refractivity contribution in [1.29, 1.82) is 0 Å². The van der Waals surface area contributed by atoms with E-state index in [0.29, 0.717) is 29.9 Å². The number of carbonyl (C=O) groups is 3. The predicted octanol–water partition coefficient (Wildman–Crippen LogP) is 2.60. The second-order valence-corrected chi connectivity index (χ2v) is 5.47. The molecule has 0 aliphatic carbocycles. The Labute approximate surface area is 152 Å². The molecule has 0 saturated heterocycles. The summed E-state index contributed by atoms with van der Waals surface area (Å²) in [5.41, 5.74) is 1.38. The summed E-state index contributed by atoms with van der Waals surface area (Å²) in [5, 5.41) is 2.69. The molecule has 0 bridgehead atoms. The van der Waals surface area contributed by atoms with Crippen LogP contribution in [-0.2, 0) is 4.74 Å². The Morgan fingerprint density at radius 3 is 2.38 bits per heavy atom. The molecule has 1 aromatic heterocycles. The number of ether oxygens (including phenoxy) is 1. The number of benzene rings is 1. The molecule has 0 fully saturated rings. The predicted molar refractivity (Wildman–Crippen MR) is 97.2 cm³/mol. The topological polar surface area (TPSA) is 88.6 Å². The first-order valence-electron chi connectivity index (χ1n) is 8.24. The summed E-state index contributed by atoms with van der Waals surface area (Å²) in [6, 6.07) is 7.91. The van der Waals surface area contributed by atoms with Crippen molar-refractivity contribution in [3.63, 3.8) is 0 Å². The zero-order chi connectivity index (χ0) is 19.1. The Kier molecular flexibility index (Phi) is 6.43. The fourth-order valence-corrected chi connectivity index (χ4v) is 2.42. The third-order valence-corrected chi connectivity index (χ3v) is 3.84. The number of carbonyl (C=O) groups excluding carboxylic acids is 3. The minimum Gasteiger partial charge on any atom is -0.465 e. The summed E-state index contributed by atoms with van der Waals surface area (Å²) in [4.78, 5) is 42.1. The average Bonchev–Trinajstić information content (AvgIpc) is 2.68. The maximum Gasteiger partial charge on any atom is 0.337 e. The Hall–Kier alpha value is -3.22. The Balaban J connectivity index is 2.19. The minimum atomic E-state index is -0.491. The van der Waals surface area contributed by atoms with E-state index in [2.05, 4.69) is 15.0 Å². The first kappa shape index (κ1) is 19.1. The molecular weight excluding hydrogens is 334 g/mol. The quantitative estimate of drug-likeness (QED) is 0.805. The van der Waals surface area contributed by atoms with E-state index in [-0.39, 0.29) is 11.5 Å². The molecule has 7 heteroatoms. The third kappa shape index (κ3) is 4.44. The largest absolute Gasteiger partial charge is 0.465 e. The number of hydrogen-bond acceptors (Lipinski definition) is 5. The van der Waals surface area contributed by atoms with Crippen molar-refractivity contribution in [2.45, 2.75) is 13.8 Å². The summed E-state index contributed by atoms with van der Waals surface area (Å²) in [6.45, 7) is 4.93. The number of aromatic nitrogens is 1. The molecule has 26 heavy (non-hydrogen) atoms. The van der Waals surface area contributed by atoms with Crippen LogP contribution in [0.5, 0.6) is 0 Å². The van der Waals surface area contributed by atoms with Gasteiger partial charge < -0.3 is 15.0 Å². The number of amides is 2. The number of rotatable bonds is 6. The molecule has 0 spiro atoms. The summed E-state index contributed by atoms with van der Waals surface area (Å²) < 4.78 is 4.66. The summed E-state index contributed by atoms with van der Waals surface area (Å²) in [6.07, 6.45) is 2.83. The van der Waals surface area contributed by atoms with Crippen molar-refractivity contribution in [2.24, 2.45) is 0 Å². The van der Waals surface area contributed by atoms with Gasteiger partial charge in [-0.25, -0.2) is 4.79 Å². The van der Waals surface area contributed by atoms with Gasteiger partial charge in [-0.15, -0.1) is 0 Å². The Bertz CT molecular complexity index is 816. The van der Waals surface area contributed by atoms with Crippen LogP contribution in [0.25, 0.3) is 0 Å². The monoisotopic (exact) mass is 355 g/mol. The molecule has 1 N–H and O–H groups in total. The van der Waals surface area contributed by atoms with Crippen molar-refractivity contribution in [2.75, 3.05) is 25.5 Å². The molecule has 7 nitrogen and oxygen atoms in total. The lowest BCUT2D eigenvalue weighted by molar-refractivity contribution is 0.0600. The summed E-state index contributed by atoms with van der Waals surface area (Å²) in [5.74, 6) is -1.09. The highest BCUT2D eigenvalue weighted by molar-refractivity contribution is 6.06. The SMILES string of the molecule is CCN(CC)C(=O)c1cncc(C(=O)Nc2cccc(C(=O)OC)c2)c1. The number of methoxy groups -OCH3 is 1. The fraction of sp³-hybridized carbons (Fsp3) is 0.263. The van der Waals surface area contributed by atoms with Gasteiger partial charge in [-0.2, -0.15) is 0 Å². The molecule has 2 amide bonds. The standard InChI is InChI=1S/C19H21N3O4/c1-4-22(5-2)18(24)15-9-14(11-20-12-15)17(23)21-16-8-6-7-13(10-16)19(25)26-3/h6-12H,4-5H2,1-3H3,(H,21,23). The number of nitrogens with one attached hydrogen (secondary N) is 1. The average molecular weight is 355 g/mol. The molecule has 0 aliphatic rings. The molecule has 0 radical (unpaired) electrons. The molecule has 0 unspecified atom stereocenters. The maximum atomic E-state index is 12.5. The van der Waals surface area contributed by atoms with Crippen LogP contribution in [0.1, 0.15) is 44.9 Å². The zero-order valence-corrected chi connectivity index (χ0v) is 15.0. The molecule has 0 aliphatic heterocycles. The van der Waals surface area contributed by atoms with Gasteiger partial charge in [0.25, 0.3) is 11.8 Å². The van der Waals surface area contributed by atoms with Gasteiger partial charge in [-0.1, -0.05) is 6.07 Å². The van der Waals surface area contributed by atoms with Crippen LogP contribution in [0, 0.1) is 0 Å². The molecular formula is C19H21N3O4. The molecule has 2 rings (SSSR count). The van der Waals surface area contributed by atoms with E-state index in [9.17, 15) is 14.4 Å². The van der Waals surface area contributed by atoms with Gasteiger partial charge in [-0.05, 0) is 38.1 Å². The zero-order valence-electron chi connectivity index (χ0n) is 15.0. The second-order valence-electron chi connectivity index (χ2n) is 5.47. The molecule has 0 atom stereocenters. The Morgan fingerprint density at radius 2 is 1.73 bits per heavy atom. The van der Waals surface area contributed by atoms with Gasteiger partial charge in [0, 0.05) is 31.2 Å². The maximum absolute atomic E-state index is 12.5. The lowest BCUT2D eigenvalue weighted by Crippen LogP contribution is -2.30. The van der Waals surface area contributed by atoms with Gasteiger partial charge in [0.05, 0.1) is 23.8 Å². The van der Waals surface area contributed by atoms with Crippen molar-refractivity contribution >= 4 is 23.5 Å². The van der Waals surface area contributed by atoms with E-state index in [1.54, 1.807) is 23.1 Å². The number of anilines is 1. The van der Waals surface area contributed by atoms with E-state index >= 15 is 0 Å². The van der Waals surface area contributed by atoms with Crippen molar-refractivity contribution in [3.8, 4) is 0 Å². The van der Waals surface area contributed by atoms with E-state index in [4.69, 9.17) is 0 Å². The van der Waals surface area contributed by atoms with Crippen LogP contribution >= 0.6 is 0 Å². The highest BCUT2D eigenvalue weighted by atomic mass is 16.5. The van der Waals surface area contributed by atoms with Gasteiger partial charge in [0.1, 0.15) is 0 Å². The van der Waals surface area contributed by atoms with E-state index in [1.807, 2.05) is 13.8 Å². The third-order valence-electron chi connectivity index (χ3n) is 3.84. The highest BCUT2D eigenvalue weighted by Crippen LogP contribution is 2.14. The van der Waals surface area contributed by atoms with E-state index in [0.717, 1.165) is 0 Å². The van der Waals surface area contributed by atoms with Crippen molar-refractivity contribution in [3.05, 3.63) is 59.4 Å². The molecule has 0 saturated carbocycles. The first-order chi connectivity index (χ1) is 12.5. The van der Waals surface area contributed by atoms with E-state index < -0.39 is 11.9 Å². The number of nitrogens with zero attached hydrogens (tertiary/aromatic N) is 2. The fourth-order valence-electron chi connectivity index (χ4n) is 2.42. The molecule has 136 valence electrons. The number of hydrogen-bond donors (Lipinski definition) is 1.